The Morgan fingerprint density at radius 1 is 0.667 bits per heavy atom. The van der Waals surface area contributed by atoms with Crippen molar-refractivity contribution in [2.75, 3.05) is 43.1 Å². The fourth-order valence-corrected chi connectivity index (χ4v) is 5.35. The second-order valence-corrected chi connectivity index (χ2v) is 13.3. The minimum absolute atomic E-state index is 0.108. The van der Waals surface area contributed by atoms with Gasteiger partial charge in [0.1, 0.15) is 5.82 Å². The van der Waals surface area contributed by atoms with Crippen LogP contribution in [0.25, 0.3) is 22.6 Å². The Balaban J connectivity index is 0.000000194. The highest BCUT2D eigenvalue weighted by molar-refractivity contribution is 6.05. The van der Waals surface area contributed by atoms with Crippen LogP contribution in [0, 0.1) is 26.6 Å². The van der Waals surface area contributed by atoms with Gasteiger partial charge in [-0.05, 0) is 112 Å². The Labute approximate surface area is 329 Å². The molecule has 0 saturated carbocycles. The predicted octanol–water partition coefficient (Wildman–Crippen LogP) is 8.57. The van der Waals surface area contributed by atoms with E-state index in [1.165, 1.54) is 6.07 Å². The van der Waals surface area contributed by atoms with Gasteiger partial charge in [0, 0.05) is 77.2 Å². The molecular weight excluding hydrogens is 726 g/mol. The van der Waals surface area contributed by atoms with Crippen molar-refractivity contribution in [3.8, 4) is 22.6 Å². The fraction of sp³-hybridized carbons (Fsp3) is 0.163. The summed E-state index contributed by atoms with van der Waals surface area (Å²) in [6.45, 7) is 6.92. The van der Waals surface area contributed by atoms with Crippen molar-refractivity contribution in [1.82, 2.24) is 30.2 Å². The summed E-state index contributed by atoms with van der Waals surface area (Å²) < 4.78 is 25.2. The molecule has 13 nitrogen and oxygen atoms in total. The van der Waals surface area contributed by atoms with E-state index in [9.17, 15) is 14.0 Å². The molecule has 0 spiro atoms. The lowest BCUT2D eigenvalue weighted by Gasteiger charge is -2.12. The smallest absolute Gasteiger partial charge is 0.299 e. The van der Waals surface area contributed by atoms with Crippen LogP contribution >= 0.6 is 0 Å². The maximum Gasteiger partial charge on any atom is 0.299 e. The number of nitrogens with zero attached hydrogens (tertiary/aromatic N) is 5. The Morgan fingerprint density at radius 3 is 1.84 bits per heavy atom. The van der Waals surface area contributed by atoms with Crippen molar-refractivity contribution in [3.05, 3.63) is 150 Å². The zero-order valence-corrected chi connectivity index (χ0v) is 32.1. The van der Waals surface area contributed by atoms with Gasteiger partial charge in [0.2, 0.25) is 0 Å². The van der Waals surface area contributed by atoms with Crippen LogP contribution in [0.1, 0.15) is 37.4 Å². The van der Waals surface area contributed by atoms with Crippen molar-refractivity contribution in [1.29, 1.82) is 0 Å². The molecule has 7 aromatic rings. The molecule has 14 heteroatoms. The van der Waals surface area contributed by atoms with Crippen LogP contribution in [0.2, 0.25) is 0 Å². The normalized spacial score (nSPS) is 10.7. The molecule has 0 radical (unpaired) electrons. The second-order valence-electron chi connectivity index (χ2n) is 13.3. The molecule has 4 heterocycles. The van der Waals surface area contributed by atoms with Gasteiger partial charge in [0.15, 0.2) is 11.5 Å². The van der Waals surface area contributed by atoms with Crippen LogP contribution in [0.15, 0.2) is 125 Å². The molecule has 0 atom stereocenters. The molecule has 290 valence electrons. The number of halogens is 1. The highest BCUT2D eigenvalue weighted by atomic mass is 19.1. The van der Waals surface area contributed by atoms with Crippen molar-refractivity contribution in [2.24, 2.45) is 0 Å². The number of oxazole rings is 2. The molecule has 0 bridgehead atoms. The molecule has 0 aliphatic rings. The van der Waals surface area contributed by atoms with Gasteiger partial charge in [0.05, 0.1) is 12.4 Å². The summed E-state index contributed by atoms with van der Waals surface area (Å²) in [4.78, 5) is 43.5. The van der Waals surface area contributed by atoms with E-state index in [4.69, 9.17) is 8.83 Å². The molecule has 57 heavy (non-hydrogen) atoms. The zero-order chi connectivity index (χ0) is 40.3. The van der Waals surface area contributed by atoms with Gasteiger partial charge < -0.3 is 35.0 Å². The van der Waals surface area contributed by atoms with Crippen molar-refractivity contribution < 1.29 is 22.8 Å². The third kappa shape index (κ3) is 10.7. The van der Waals surface area contributed by atoms with E-state index >= 15 is 0 Å². The average molecular weight is 768 g/mol. The van der Waals surface area contributed by atoms with E-state index in [2.05, 4.69) is 41.2 Å². The minimum Gasteiger partial charge on any atom is -0.423 e. The summed E-state index contributed by atoms with van der Waals surface area (Å²) in [5, 5.41) is 11.9. The summed E-state index contributed by atoms with van der Waals surface area (Å²) in [6, 6.07) is 23.4. The van der Waals surface area contributed by atoms with Gasteiger partial charge in [-0.15, -0.1) is 0 Å². The molecule has 0 aliphatic heterocycles. The second kappa shape index (κ2) is 18.4. The quantitative estimate of drug-likeness (QED) is 0.0942. The SMILES string of the molecule is Cc1ccc(C(=O)NCCN(C)C)cc1Nc1ncc(-c2cccnc2)o1.Cc1ccc(NC(=O)c2ccc(C)c(Nc3ncc(-c4ccncc4)o3)c2)cc1F. The number of amides is 2. The highest BCUT2D eigenvalue weighted by Crippen LogP contribution is 2.28. The zero-order valence-electron chi connectivity index (χ0n) is 32.1. The van der Waals surface area contributed by atoms with Gasteiger partial charge >= 0.3 is 0 Å². The molecule has 3 aromatic carbocycles. The predicted molar refractivity (Wildman–Crippen MR) is 218 cm³/mol. The van der Waals surface area contributed by atoms with E-state index in [0.29, 0.717) is 58.2 Å². The first kappa shape index (κ1) is 39.5. The average Bonchev–Trinajstić information content (AvgIpc) is 3.89. The van der Waals surface area contributed by atoms with Crippen molar-refractivity contribution >= 4 is 40.9 Å². The summed E-state index contributed by atoms with van der Waals surface area (Å²) >= 11 is 0. The number of aromatic nitrogens is 4. The molecule has 0 unspecified atom stereocenters. The standard InChI is InChI=1S/C23H19FN4O2.C20H23N5O2/c1-14-4-6-18(12-19(14)24)27-22(29)17-5-3-15(2)20(11-17)28-23-26-13-21(30-23)16-7-9-25-10-8-16;1-14-6-7-15(19(26)22-9-10-25(2)3)11-17(14)24-20-23-13-18(27-20)16-5-4-8-21-12-16/h3-13H,1-2H3,(H,26,28)(H,27,29);4-8,11-13H,9-10H2,1-3H3,(H,22,26)(H,23,24). The first-order chi connectivity index (χ1) is 27.5. The van der Waals surface area contributed by atoms with Crippen molar-refractivity contribution in [2.45, 2.75) is 20.8 Å². The largest absolute Gasteiger partial charge is 0.423 e. The number of rotatable bonds is 12. The van der Waals surface area contributed by atoms with Crippen molar-refractivity contribution in [3.63, 3.8) is 0 Å². The molecule has 7 rings (SSSR count). The van der Waals surface area contributed by atoms with Gasteiger partial charge in [-0.2, -0.15) is 0 Å². The van der Waals surface area contributed by atoms with E-state index in [1.54, 1.807) is 74.4 Å². The molecule has 0 saturated heterocycles. The Hall–Kier alpha value is -7.19. The summed E-state index contributed by atoms with van der Waals surface area (Å²) in [5.74, 6) is 0.413. The van der Waals surface area contributed by atoms with Crippen LogP contribution < -0.4 is 21.3 Å². The van der Waals surface area contributed by atoms with Gasteiger partial charge in [-0.1, -0.05) is 18.2 Å². The van der Waals surface area contributed by atoms with Gasteiger partial charge in [-0.25, -0.2) is 14.4 Å². The number of nitrogens with one attached hydrogen (secondary N) is 4. The van der Waals surface area contributed by atoms with Crippen LogP contribution in [0.5, 0.6) is 0 Å². The lowest BCUT2D eigenvalue weighted by atomic mass is 10.1. The van der Waals surface area contributed by atoms with E-state index in [1.807, 2.05) is 75.3 Å². The number of aryl methyl sites for hydroxylation is 3. The topological polar surface area (TPSA) is 163 Å². The first-order valence-corrected chi connectivity index (χ1v) is 18.0. The molecule has 0 fully saturated rings. The maximum atomic E-state index is 13.7. The summed E-state index contributed by atoms with van der Waals surface area (Å²) in [5.41, 5.74) is 6.99. The number of carbonyl (C=O) groups is 2. The lowest BCUT2D eigenvalue weighted by Crippen LogP contribution is -2.31. The molecule has 4 aromatic heterocycles. The Bertz CT molecular complexity index is 2450. The maximum absolute atomic E-state index is 13.7. The fourth-order valence-electron chi connectivity index (χ4n) is 5.35. The third-order valence-corrected chi connectivity index (χ3v) is 8.68. The molecule has 4 N–H and O–H groups in total. The molecule has 2 amide bonds. The monoisotopic (exact) mass is 767 g/mol. The number of likely N-dealkylation sites (N-methyl/N-ethyl adjacent to an activating group) is 1. The number of pyridine rings is 2. The highest BCUT2D eigenvalue weighted by Gasteiger charge is 2.14. The Kier molecular flexibility index (Phi) is 12.8. The van der Waals surface area contributed by atoms with Crippen LogP contribution in [0.3, 0.4) is 0 Å². The first-order valence-electron chi connectivity index (χ1n) is 18.0. The summed E-state index contributed by atoms with van der Waals surface area (Å²) in [6.07, 6.45) is 10.0. The number of hydrogen-bond acceptors (Lipinski definition) is 11. The van der Waals surface area contributed by atoms with Crippen LogP contribution in [-0.2, 0) is 0 Å². The van der Waals surface area contributed by atoms with Gasteiger partial charge in [-0.3, -0.25) is 19.6 Å². The van der Waals surface area contributed by atoms with E-state index in [-0.39, 0.29) is 17.6 Å². The van der Waals surface area contributed by atoms with E-state index in [0.717, 1.165) is 34.5 Å². The minimum atomic E-state index is -0.368. The molecular formula is C43H42FN9O4. The van der Waals surface area contributed by atoms with E-state index < -0.39 is 0 Å². The number of anilines is 5. The van der Waals surface area contributed by atoms with Crippen LogP contribution in [-0.4, -0.2) is 63.8 Å². The van der Waals surface area contributed by atoms with Crippen LogP contribution in [0.4, 0.5) is 33.5 Å². The number of hydrogen-bond donors (Lipinski definition) is 4. The third-order valence-electron chi connectivity index (χ3n) is 8.68. The lowest BCUT2D eigenvalue weighted by molar-refractivity contribution is 0.0950. The Morgan fingerprint density at radius 2 is 1.26 bits per heavy atom. The van der Waals surface area contributed by atoms with Gasteiger partial charge in [0.25, 0.3) is 23.8 Å². The number of carbonyl (C=O) groups excluding carboxylic acids is 2. The summed E-state index contributed by atoms with van der Waals surface area (Å²) in [7, 11) is 3.94. The number of benzene rings is 3. The molecule has 0 aliphatic carbocycles.